The Labute approximate surface area is 244 Å². The zero-order valence-corrected chi connectivity index (χ0v) is 22.8. The molecule has 0 spiro atoms. The Hall–Kier alpha value is -3.35. The molecule has 1 aromatic heterocycles. The van der Waals surface area contributed by atoms with Crippen LogP contribution in [0.25, 0.3) is 11.4 Å². The fourth-order valence-electron chi connectivity index (χ4n) is 3.61. The molecule has 0 aliphatic heterocycles. The van der Waals surface area contributed by atoms with E-state index in [0.29, 0.717) is 24.5 Å². The molecule has 2 rings (SSSR count). The molecule has 1 atom stereocenters. The van der Waals surface area contributed by atoms with Crippen LogP contribution >= 0.6 is 0 Å². The summed E-state index contributed by atoms with van der Waals surface area (Å²) in [5.41, 5.74) is -0.0809. The van der Waals surface area contributed by atoms with E-state index in [0.717, 1.165) is 25.0 Å². The molecule has 45 heavy (non-hydrogen) atoms. The van der Waals surface area contributed by atoms with Gasteiger partial charge in [-0.05, 0) is 43.0 Å². The van der Waals surface area contributed by atoms with Gasteiger partial charge in [-0.3, -0.25) is 0 Å². The van der Waals surface area contributed by atoms with Crippen LogP contribution in [-0.4, -0.2) is 68.5 Å². The highest BCUT2D eigenvalue weighted by molar-refractivity contribution is 5.58. The minimum Gasteiger partial charge on any atom is -0.493 e. The Morgan fingerprint density at radius 3 is 1.58 bits per heavy atom. The second-order valence-corrected chi connectivity index (χ2v) is 9.97. The van der Waals surface area contributed by atoms with Crippen molar-refractivity contribution in [2.45, 2.75) is 81.2 Å². The van der Waals surface area contributed by atoms with E-state index < -0.39 is 65.8 Å². The Bertz CT molecular complexity index is 1290. The Morgan fingerprint density at radius 1 is 0.689 bits per heavy atom. The smallest absolute Gasteiger partial charge is 0.460 e. The van der Waals surface area contributed by atoms with Crippen LogP contribution < -0.4 is 4.74 Å². The Kier molecular flexibility index (Phi) is 10.5. The molecule has 0 aliphatic rings. The summed E-state index contributed by atoms with van der Waals surface area (Å²) < 4.78 is 204. The van der Waals surface area contributed by atoms with E-state index in [1.54, 1.807) is 0 Å². The Balaban J connectivity index is 2.25. The topological polar surface area (TPSA) is 75.5 Å². The third kappa shape index (κ3) is 6.78. The summed E-state index contributed by atoms with van der Waals surface area (Å²) in [6.07, 6.45) is -5.28. The zero-order chi connectivity index (χ0) is 35.0. The van der Waals surface area contributed by atoms with Gasteiger partial charge in [0.15, 0.2) is 12.4 Å². The summed E-state index contributed by atoms with van der Waals surface area (Å²) in [5, 5.41) is 20.3. The van der Waals surface area contributed by atoms with Gasteiger partial charge in [0.1, 0.15) is 5.75 Å². The first-order chi connectivity index (χ1) is 20.2. The summed E-state index contributed by atoms with van der Waals surface area (Å²) in [6.45, 7) is 0.965. The molecular weight excluding hydrogens is 661 g/mol. The zero-order valence-electron chi connectivity index (χ0n) is 22.8. The highest BCUT2D eigenvalue weighted by atomic mass is 19.4. The maximum Gasteiger partial charge on any atom is 0.460 e. The maximum atomic E-state index is 14.0. The van der Waals surface area contributed by atoms with Crippen molar-refractivity contribution in [1.82, 2.24) is 9.97 Å². The third-order valence-electron chi connectivity index (χ3n) is 6.71. The monoisotopic (exact) mass is 684 g/mol. The van der Waals surface area contributed by atoms with E-state index in [4.69, 9.17) is 0 Å². The number of aromatic hydroxyl groups is 2. The minimum absolute atomic E-state index is 0.00688. The number of hydrogen-bond acceptors (Lipinski definition) is 5. The summed E-state index contributed by atoms with van der Waals surface area (Å²) in [7, 11) is 0. The molecule has 5 nitrogen and oxygen atoms in total. The summed E-state index contributed by atoms with van der Waals surface area (Å²) in [5.74, 6) is -49.4. The van der Waals surface area contributed by atoms with Crippen LogP contribution in [0, 0.1) is 5.92 Å². The normalized spacial score (nSPS) is 14.9. The van der Waals surface area contributed by atoms with Gasteiger partial charge in [-0.25, -0.2) is 0 Å². The number of nitrogens with zero attached hydrogens (tertiary/aromatic N) is 2. The van der Waals surface area contributed by atoms with Gasteiger partial charge in [0.25, 0.3) is 0 Å². The number of aromatic nitrogens is 2. The predicted octanol–water partition coefficient (Wildman–Crippen LogP) is 8.68. The van der Waals surface area contributed by atoms with Crippen LogP contribution in [0.4, 0.5) is 65.9 Å². The fourth-order valence-corrected chi connectivity index (χ4v) is 3.61. The van der Waals surface area contributed by atoms with Gasteiger partial charge in [0.05, 0.1) is 5.56 Å². The second kappa shape index (κ2) is 12.4. The predicted molar refractivity (Wildman–Crippen MR) is 124 cm³/mol. The van der Waals surface area contributed by atoms with Gasteiger partial charge in [0.2, 0.25) is 11.8 Å². The first-order valence-electron chi connectivity index (χ1n) is 12.5. The first-order valence-corrected chi connectivity index (χ1v) is 12.5. The quantitative estimate of drug-likeness (QED) is 0.195. The van der Waals surface area contributed by atoms with Gasteiger partial charge in [-0.15, -0.1) is 0 Å². The van der Waals surface area contributed by atoms with E-state index >= 15 is 0 Å². The van der Waals surface area contributed by atoms with Crippen molar-refractivity contribution in [2.24, 2.45) is 5.92 Å². The molecule has 1 aromatic carbocycles. The minimum atomic E-state index is -8.38. The lowest BCUT2D eigenvalue weighted by Gasteiger charge is -2.41. The molecule has 256 valence electrons. The molecule has 0 saturated heterocycles. The van der Waals surface area contributed by atoms with Crippen LogP contribution in [0.3, 0.4) is 0 Å². The number of rotatable bonds is 14. The Morgan fingerprint density at radius 2 is 1.13 bits per heavy atom. The van der Waals surface area contributed by atoms with Crippen molar-refractivity contribution in [1.29, 1.82) is 0 Å². The second-order valence-electron chi connectivity index (χ2n) is 9.97. The van der Waals surface area contributed by atoms with Gasteiger partial charge in [-0.2, -0.15) is 75.8 Å². The molecule has 0 bridgehead atoms. The van der Waals surface area contributed by atoms with E-state index in [1.165, 1.54) is 0 Å². The van der Waals surface area contributed by atoms with Crippen LogP contribution in [0.1, 0.15) is 38.7 Å². The summed E-state index contributed by atoms with van der Waals surface area (Å²) in [6, 6.07) is 3.10. The highest BCUT2D eigenvalue weighted by Crippen LogP contribution is 2.62. The van der Waals surface area contributed by atoms with Crippen molar-refractivity contribution in [3.63, 3.8) is 0 Å². The van der Waals surface area contributed by atoms with Crippen LogP contribution in [-0.2, 0) is 6.42 Å². The molecule has 0 saturated carbocycles. The number of hydrogen-bond donors (Lipinski definition) is 2. The standard InChI is InChI=1S/C25H23F15N2O3/c1-3-12(2)5-4-6-15-17(43)41-16(42-18(15)44)13-7-9-14(10-8-13)45-11-19(26,27)20(28,29)21(30,31)22(32,33)23(34,35)24(36,37)25(38,39)40/h7-10,12H,3-6,11H2,1-2H3,(H2,41,42,43,44)/t12-/m0/s1. The molecule has 1 heterocycles. The molecule has 0 aliphatic carbocycles. The van der Waals surface area contributed by atoms with Crippen LogP contribution in [0.5, 0.6) is 17.5 Å². The van der Waals surface area contributed by atoms with Crippen molar-refractivity contribution < 1.29 is 80.8 Å². The molecule has 20 heteroatoms. The SMILES string of the molecule is CC[C@H](C)CCCc1c(O)nc(-c2ccc(OCC(F)(F)C(F)(F)C(F)(F)C(F)(F)C(F)(F)C(F)(F)C(F)(F)F)cc2)nc1O. The van der Waals surface area contributed by atoms with Crippen LogP contribution in [0.15, 0.2) is 24.3 Å². The van der Waals surface area contributed by atoms with Gasteiger partial charge < -0.3 is 14.9 Å². The largest absolute Gasteiger partial charge is 0.493 e. The van der Waals surface area contributed by atoms with E-state index in [9.17, 15) is 76.1 Å². The van der Waals surface area contributed by atoms with Crippen molar-refractivity contribution in [3.8, 4) is 28.9 Å². The lowest BCUT2D eigenvalue weighted by molar-refractivity contribution is -0.453. The number of alkyl halides is 15. The van der Waals surface area contributed by atoms with Crippen molar-refractivity contribution in [3.05, 3.63) is 29.8 Å². The van der Waals surface area contributed by atoms with Crippen LogP contribution in [0.2, 0.25) is 0 Å². The fraction of sp³-hybridized carbons (Fsp3) is 0.600. The average molecular weight is 684 g/mol. The molecule has 0 fully saturated rings. The molecule has 0 radical (unpaired) electrons. The molecule has 2 N–H and O–H groups in total. The van der Waals surface area contributed by atoms with E-state index in [2.05, 4.69) is 14.7 Å². The highest BCUT2D eigenvalue weighted by Gasteiger charge is 2.93. The summed E-state index contributed by atoms with van der Waals surface area (Å²) >= 11 is 0. The average Bonchev–Trinajstić information content (AvgIpc) is 2.92. The molecular formula is C25H23F15N2O3. The molecule has 0 unspecified atom stereocenters. The molecule has 2 aromatic rings. The number of ether oxygens (including phenoxy) is 1. The van der Waals surface area contributed by atoms with E-state index in [1.807, 2.05) is 13.8 Å². The number of halogens is 15. The lowest BCUT2D eigenvalue weighted by atomic mass is 9.91. The third-order valence-corrected chi connectivity index (χ3v) is 6.71. The van der Waals surface area contributed by atoms with Crippen molar-refractivity contribution in [2.75, 3.05) is 6.61 Å². The van der Waals surface area contributed by atoms with Gasteiger partial charge in [-0.1, -0.05) is 26.7 Å². The molecule has 0 amide bonds. The first kappa shape index (κ1) is 37.8. The summed E-state index contributed by atoms with van der Waals surface area (Å²) in [4.78, 5) is 7.51. The maximum absolute atomic E-state index is 14.0. The van der Waals surface area contributed by atoms with Gasteiger partial charge in [0, 0.05) is 5.56 Å². The van der Waals surface area contributed by atoms with E-state index in [-0.39, 0.29) is 23.4 Å². The van der Waals surface area contributed by atoms with Crippen molar-refractivity contribution >= 4 is 0 Å². The lowest BCUT2D eigenvalue weighted by Crippen LogP contribution is -2.73. The number of benzene rings is 1. The van der Waals surface area contributed by atoms with Gasteiger partial charge >= 0.3 is 41.7 Å².